The predicted molar refractivity (Wildman–Crippen MR) is 83.3 cm³/mol. The number of fused-ring (bicyclic) bond motifs is 1. The Morgan fingerprint density at radius 3 is 2.86 bits per heavy atom. The highest BCUT2D eigenvalue weighted by Crippen LogP contribution is 2.42. The molecular weight excluding hydrogens is 286 g/mol. The smallest absolute Gasteiger partial charge is 0.261 e. The van der Waals surface area contributed by atoms with Gasteiger partial charge < -0.3 is 15.0 Å². The molecule has 5 nitrogen and oxygen atoms in total. The number of nitrogens with zero attached hydrogens (tertiary/aromatic N) is 2. The van der Waals surface area contributed by atoms with Gasteiger partial charge in [0.15, 0.2) is 0 Å². The molecule has 114 valence electrons. The van der Waals surface area contributed by atoms with E-state index < -0.39 is 5.60 Å². The van der Waals surface area contributed by atoms with Crippen LogP contribution in [-0.2, 0) is 23.2 Å². The molecule has 1 aliphatic rings. The van der Waals surface area contributed by atoms with Gasteiger partial charge in [0.25, 0.3) is 5.89 Å². The second-order valence-electron chi connectivity index (χ2n) is 5.66. The maximum Gasteiger partial charge on any atom is 0.261 e. The molecule has 2 aromatic rings. The molecule has 6 heteroatoms. The number of aryl methyl sites for hydroxylation is 1. The van der Waals surface area contributed by atoms with Crippen LogP contribution in [0.15, 0.2) is 4.52 Å². The molecule has 1 atom stereocenters. The third kappa shape index (κ3) is 2.36. The van der Waals surface area contributed by atoms with Crippen molar-refractivity contribution in [2.24, 2.45) is 0 Å². The number of nitrogen functional groups attached to an aromatic ring is 1. The first-order valence-electron chi connectivity index (χ1n) is 7.38. The van der Waals surface area contributed by atoms with E-state index in [2.05, 4.69) is 10.1 Å². The molecule has 2 aromatic heterocycles. The van der Waals surface area contributed by atoms with Crippen LogP contribution >= 0.6 is 11.3 Å². The number of aromatic nitrogens is 2. The van der Waals surface area contributed by atoms with E-state index in [1.165, 1.54) is 23.3 Å². The van der Waals surface area contributed by atoms with Crippen molar-refractivity contribution in [2.75, 3.05) is 12.8 Å². The van der Waals surface area contributed by atoms with Crippen LogP contribution in [0, 0.1) is 0 Å². The molecule has 0 radical (unpaired) electrons. The van der Waals surface area contributed by atoms with Gasteiger partial charge in [-0.25, -0.2) is 0 Å². The van der Waals surface area contributed by atoms with Crippen molar-refractivity contribution in [1.82, 2.24) is 10.1 Å². The average Bonchev–Trinajstić information content (AvgIpc) is 3.09. The Bertz CT molecular complexity index is 643. The quantitative estimate of drug-likeness (QED) is 0.935. The lowest BCUT2D eigenvalue weighted by molar-refractivity contribution is -0.0106. The van der Waals surface area contributed by atoms with E-state index >= 15 is 0 Å². The molecule has 21 heavy (non-hydrogen) atoms. The van der Waals surface area contributed by atoms with Crippen molar-refractivity contribution < 1.29 is 9.26 Å². The SMILES string of the molecule is CCC(C)(OC)c1noc(-c2c(N)sc3c2CCCC3)n1. The first-order chi connectivity index (χ1) is 10.1. The van der Waals surface area contributed by atoms with Crippen LogP contribution in [0.4, 0.5) is 5.00 Å². The monoisotopic (exact) mass is 307 g/mol. The Morgan fingerprint density at radius 2 is 2.14 bits per heavy atom. The van der Waals surface area contributed by atoms with Crippen molar-refractivity contribution >= 4 is 16.3 Å². The molecule has 0 saturated carbocycles. The van der Waals surface area contributed by atoms with Crippen LogP contribution in [0.1, 0.15) is 49.4 Å². The minimum atomic E-state index is -0.521. The van der Waals surface area contributed by atoms with Crippen LogP contribution in [0.2, 0.25) is 0 Å². The standard InChI is InChI=1S/C15H21N3O2S/c1-4-15(2,19-3)14-17-13(20-18-14)11-9-7-5-6-8-10(9)21-12(11)16/h4-8,16H2,1-3H3. The molecule has 3 rings (SSSR count). The van der Waals surface area contributed by atoms with E-state index in [1.807, 2.05) is 13.8 Å². The fourth-order valence-electron chi connectivity index (χ4n) is 2.76. The Hall–Kier alpha value is -1.40. The van der Waals surface area contributed by atoms with Gasteiger partial charge in [0, 0.05) is 12.0 Å². The molecular formula is C15H21N3O2S. The van der Waals surface area contributed by atoms with Crippen molar-refractivity contribution in [3.63, 3.8) is 0 Å². The van der Waals surface area contributed by atoms with Gasteiger partial charge in [-0.3, -0.25) is 0 Å². The molecule has 0 fully saturated rings. The molecule has 0 aromatic carbocycles. The van der Waals surface area contributed by atoms with E-state index in [0.29, 0.717) is 11.7 Å². The summed E-state index contributed by atoms with van der Waals surface area (Å²) >= 11 is 1.66. The normalized spacial score (nSPS) is 17.5. The minimum Gasteiger partial charge on any atom is -0.390 e. The Morgan fingerprint density at radius 1 is 1.38 bits per heavy atom. The summed E-state index contributed by atoms with van der Waals surface area (Å²) in [5.41, 5.74) is 7.92. The van der Waals surface area contributed by atoms with Crippen molar-refractivity contribution in [3.05, 3.63) is 16.3 Å². The zero-order chi connectivity index (χ0) is 15.0. The lowest BCUT2D eigenvalue weighted by Gasteiger charge is -2.21. The van der Waals surface area contributed by atoms with Gasteiger partial charge in [0.05, 0.1) is 10.6 Å². The lowest BCUT2D eigenvalue weighted by Crippen LogP contribution is -2.24. The molecule has 0 aliphatic heterocycles. The summed E-state index contributed by atoms with van der Waals surface area (Å²) in [5.74, 6) is 1.11. The molecule has 0 amide bonds. The molecule has 2 N–H and O–H groups in total. The number of rotatable bonds is 4. The fraction of sp³-hybridized carbons (Fsp3) is 0.600. The van der Waals surface area contributed by atoms with Crippen LogP contribution in [0.3, 0.4) is 0 Å². The topological polar surface area (TPSA) is 74.2 Å². The first-order valence-corrected chi connectivity index (χ1v) is 8.20. The molecule has 2 heterocycles. The number of thiophene rings is 1. The van der Waals surface area contributed by atoms with Crippen molar-refractivity contribution in [3.8, 4) is 11.5 Å². The summed E-state index contributed by atoms with van der Waals surface area (Å²) in [7, 11) is 1.67. The van der Waals surface area contributed by atoms with Gasteiger partial charge in [-0.05, 0) is 44.6 Å². The van der Waals surface area contributed by atoms with Crippen LogP contribution < -0.4 is 5.73 Å². The summed E-state index contributed by atoms with van der Waals surface area (Å²) in [5, 5.41) is 4.90. The van der Waals surface area contributed by atoms with Crippen LogP contribution in [0.25, 0.3) is 11.5 Å². The molecule has 0 saturated heterocycles. The largest absolute Gasteiger partial charge is 0.390 e. The van der Waals surface area contributed by atoms with Crippen molar-refractivity contribution in [2.45, 2.75) is 51.6 Å². The maximum atomic E-state index is 6.20. The summed E-state index contributed by atoms with van der Waals surface area (Å²) in [6.07, 6.45) is 5.36. The third-order valence-electron chi connectivity index (χ3n) is 4.44. The minimum absolute atomic E-state index is 0.521. The Labute approximate surface area is 128 Å². The van der Waals surface area contributed by atoms with Crippen molar-refractivity contribution in [1.29, 1.82) is 0 Å². The predicted octanol–water partition coefficient (Wildman–Crippen LogP) is 3.53. The van der Waals surface area contributed by atoms with E-state index in [4.69, 9.17) is 15.0 Å². The van der Waals surface area contributed by atoms with Crippen LogP contribution in [-0.4, -0.2) is 17.3 Å². The van der Waals surface area contributed by atoms with E-state index in [9.17, 15) is 0 Å². The molecule has 0 spiro atoms. The van der Waals surface area contributed by atoms with Gasteiger partial charge in [0.1, 0.15) is 5.60 Å². The highest BCUT2D eigenvalue weighted by molar-refractivity contribution is 7.16. The number of hydrogen-bond donors (Lipinski definition) is 1. The second-order valence-corrected chi connectivity index (χ2v) is 6.80. The van der Waals surface area contributed by atoms with Gasteiger partial charge in [-0.1, -0.05) is 12.1 Å². The van der Waals surface area contributed by atoms with E-state index in [1.54, 1.807) is 18.4 Å². The highest BCUT2D eigenvalue weighted by Gasteiger charge is 2.32. The van der Waals surface area contributed by atoms with E-state index in [-0.39, 0.29) is 0 Å². The molecule has 1 aliphatic carbocycles. The maximum absolute atomic E-state index is 6.20. The summed E-state index contributed by atoms with van der Waals surface area (Å²) in [6, 6.07) is 0. The number of nitrogens with two attached hydrogens (primary N) is 1. The lowest BCUT2D eigenvalue weighted by atomic mass is 9.95. The summed E-state index contributed by atoms with van der Waals surface area (Å²) in [6.45, 7) is 4.01. The average molecular weight is 307 g/mol. The van der Waals surface area contributed by atoms with Gasteiger partial charge in [0.2, 0.25) is 5.82 Å². The summed E-state index contributed by atoms with van der Waals surface area (Å²) < 4.78 is 11.0. The number of hydrogen-bond acceptors (Lipinski definition) is 6. The Balaban J connectivity index is 2.03. The molecule has 0 bridgehead atoms. The zero-order valence-electron chi connectivity index (χ0n) is 12.7. The van der Waals surface area contributed by atoms with Gasteiger partial charge in [-0.2, -0.15) is 4.98 Å². The Kier molecular flexibility index (Phi) is 3.75. The number of anilines is 1. The van der Waals surface area contributed by atoms with Gasteiger partial charge in [-0.15, -0.1) is 11.3 Å². The number of methoxy groups -OCH3 is 1. The highest BCUT2D eigenvalue weighted by atomic mass is 32.1. The third-order valence-corrected chi connectivity index (χ3v) is 5.56. The van der Waals surface area contributed by atoms with Gasteiger partial charge >= 0.3 is 0 Å². The molecule has 1 unspecified atom stereocenters. The number of ether oxygens (including phenoxy) is 1. The second kappa shape index (κ2) is 5.42. The fourth-order valence-corrected chi connectivity index (χ4v) is 3.91. The summed E-state index contributed by atoms with van der Waals surface area (Å²) in [4.78, 5) is 5.93. The first kappa shape index (κ1) is 14.5. The van der Waals surface area contributed by atoms with E-state index in [0.717, 1.165) is 29.8 Å². The van der Waals surface area contributed by atoms with Crippen LogP contribution in [0.5, 0.6) is 0 Å². The zero-order valence-corrected chi connectivity index (χ0v) is 13.5.